The topological polar surface area (TPSA) is 102 Å². The molecule has 1 saturated heterocycles. The van der Waals surface area contributed by atoms with E-state index in [1.165, 1.54) is 10.7 Å². The van der Waals surface area contributed by atoms with Gasteiger partial charge in [-0.1, -0.05) is 12.1 Å². The van der Waals surface area contributed by atoms with Crippen LogP contribution in [0.5, 0.6) is 0 Å². The summed E-state index contributed by atoms with van der Waals surface area (Å²) >= 11 is 0. The average molecular weight is 476 g/mol. The molecule has 2 aliphatic heterocycles. The number of primary amides is 1. The summed E-state index contributed by atoms with van der Waals surface area (Å²) in [7, 11) is 0. The SMILES string of the molecule is Cc1cc(N2CCCCC2=O)ccc1N1CCc2c(C(N)=O)nn(-c3c(C)cccc3F)c2C1=O. The fourth-order valence-electron chi connectivity index (χ4n) is 5.03. The minimum atomic E-state index is -0.762. The lowest BCUT2D eigenvalue weighted by molar-refractivity contribution is -0.119. The molecule has 8 nitrogen and oxygen atoms in total. The highest BCUT2D eigenvalue weighted by Crippen LogP contribution is 2.33. The maximum absolute atomic E-state index is 14.8. The van der Waals surface area contributed by atoms with Gasteiger partial charge in [0.05, 0.1) is 0 Å². The number of nitrogens with zero attached hydrogens (tertiary/aromatic N) is 4. The largest absolute Gasteiger partial charge is 0.364 e. The van der Waals surface area contributed by atoms with E-state index in [2.05, 4.69) is 5.10 Å². The number of amides is 3. The van der Waals surface area contributed by atoms with Crippen LogP contribution < -0.4 is 15.5 Å². The molecule has 1 fully saturated rings. The first-order valence-corrected chi connectivity index (χ1v) is 11.7. The number of para-hydroxylation sites is 1. The van der Waals surface area contributed by atoms with Crippen LogP contribution in [0, 0.1) is 19.7 Å². The van der Waals surface area contributed by atoms with Crippen molar-refractivity contribution in [2.45, 2.75) is 39.5 Å². The van der Waals surface area contributed by atoms with Gasteiger partial charge in [0.25, 0.3) is 11.8 Å². The summed E-state index contributed by atoms with van der Waals surface area (Å²) in [6.45, 7) is 4.60. The number of aromatic nitrogens is 2. The van der Waals surface area contributed by atoms with E-state index in [4.69, 9.17) is 5.73 Å². The molecule has 0 bridgehead atoms. The number of benzene rings is 2. The van der Waals surface area contributed by atoms with Crippen LogP contribution in [0.4, 0.5) is 15.8 Å². The second-order valence-electron chi connectivity index (χ2n) is 9.04. The van der Waals surface area contributed by atoms with Crippen molar-refractivity contribution in [1.29, 1.82) is 0 Å². The normalized spacial score (nSPS) is 16.0. The molecule has 180 valence electrons. The molecule has 35 heavy (non-hydrogen) atoms. The molecular weight excluding hydrogens is 449 g/mol. The molecule has 2 aromatic carbocycles. The third-order valence-electron chi connectivity index (χ3n) is 6.76. The number of hydrogen-bond acceptors (Lipinski definition) is 4. The van der Waals surface area contributed by atoms with Crippen molar-refractivity contribution in [2.75, 3.05) is 22.9 Å². The Hall–Kier alpha value is -4.01. The summed E-state index contributed by atoms with van der Waals surface area (Å²) in [6, 6.07) is 10.2. The standard InChI is InChI=1S/C26H26FN5O3/c1-15-6-5-7-19(27)23(15)32-24-18(22(29-32)25(28)34)11-13-31(26(24)35)20-10-9-17(14-16(20)2)30-12-4-3-8-21(30)33/h5-7,9-10,14H,3-4,8,11-13H2,1-2H3,(H2,28,34). The Morgan fingerprint density at radius 3 is 2.49 bits per heavy atom. The van der Waals surface area contributed by atoms with E-state index in [0.717, 1.165) is 24.1 Å². The summed E-state index contributed by atoms with van der Waals surface area (Å²) in [5.41, 5.74) is 9.11. The van der Waals surface area contributed by atoms with Crippen molar-refractivity contribution < 1.29 is 18.8 Å². The van der Waals surface area contributed by atoms with Crippen LogP contribution in [-0.4, -0.2) is 40.6 Å². The van der Waals surface area contributed by atoms with E-state index >= 15 is 0 Å². The third kappa shape index (κ3) is 3.77. The van der Waals surface area contributed by atoms with Crippen LogP contribution in [0.1, 0.15) is 56.9 Å². The van der Waals surface area contributed by atoms with Crippen LogP contribution >= 0.6 is 0 Å². The smallest absolute Gasteiger partial charge is 0.277 e. The first-order valence-electron chi connectivity index (χ1n) is 11.7. The molecule has 0 saturated carbocycles. The van der Waals surface area contributed by atoms with Gasteiger partial charge in [-0.25, -0.2) is 9.07 Å². The Morgan fingerprint density at radius 2 is 1.80 bits per heavy atom. The number of rotatable bonds is 4. The van der Waals surface area contributed by atoms with Crippen LogP contribution in [0.3, 0.4) is 0 Å². The van der Waals surface area contributed by atoms with Gasteiger partial charge >= 0.3 is 0 Å². The number of carbonyl (C=O) groups excluding carboxylic acids is 3. The Morgan fingerprint density at radius 1 is 1.00 bits per heavy atom. The summed E-state index contributed by atoms with van der Waals surface area (Å²) in [4.78, 5) is 41.6. The Labute approximate surface area is 202 Å². The molecule has 3 amide bonds. The Kier molecular flexibility index (Phi) is 5.62. The van der Waals surface area contributed by atoms with Gasteiger partial charge in [-0.15, -0.1) is 0 Å². The van der Waals surface area contributed by atoms with Crippen molar-refractivity contribution in [3.05, 3.63) is 70.3 Å². The lowest BCUT2D eigenvalue weighted by Crippen LogP contribution is -2.40. The van der Waals surface area contributed by atoms with E-state index in [-0.39, 0.29) is 28.9 Å². The van der Waals surface area contributed by atoms with E-state index < -0.39 is 11.7 Å². The quantitative estimate of drug-likeness (QED) is 0.625. The number of carbonyl (C=O) groups is 3. The van der Waals surface area contributed by atoms with Gasteiger partial charge in [0, 0.05) is 36.4 Å². The minimum Gasteiger partial charge on any atom is -0.364 e. The van der Waals surface area contributed by atoms with Gasteiger partial charge in [0.15, 0.2) is 5.69 Å². The predicted molar refractivity (Wildman–Crippen MR) is 130 cm³/mol. The zero-order valence-electron chi connectivity index (χ0n) is 19.7. The molecular formula is C26H26FN5O3. The molecule has 0 spiro atoms. The molecule has 9 heteroatoms. The van der Waals surface area contributed by atoms with Gasteiger partial charge < -0.3 is 15.5 Å². The van der Waals surface area contributed by atoms with E-state index in [0.29, 0.717) is 42.7 Å². The first-order chi connectivity index (χ1) is 16.8. The lowest BCUT2D eigenvalue weighted by atomic mass is 10.0. The van der Waals surface area contributed by atoms with Crippen molar-refractivity contribution in [2.24, 2.45) is 5.73 Å². The Balaban J connectivity index is 1.57. The van der Waals surface area contributed by atoms with Crippen molar-refractivity contribution >= 4 is 29.1 Å². The molecule has 3 aromatic rings. The molecule has 2 aliphatic rings. The van der Waals surface area contributed by atoms with Crippen LogP contribution in [0.2, 0.25) is 0 Å². The molecule has 0 unspecified atom stereocenters. The number of anilines is 2. The van der Waals surface area contributed by atoms with Crippen molar-refractivity contribution in [3.8, 4) is 5.69 Å². The molecule has 0 atom stereocenters. The number of fused-ring (bicyclic) bond motifs is 1. The van der Waals surface area contributed by atoms with Crippen LogP contribution in [0.15, 0.2) is 36.4 Å². The minimum absolute atomic E-state index is 0.0219. The summed E-state index contributed by atoms with van der Waals surface area (Å²) in [6.07, 6.45) is 2.75. The molecule has 0 radical (unpaired) electrons. The van der Waals surface area contributed by atoms with E-state index in [1.54, 1.807) is 28.9 Å². The van der Waals surface area contributed by atoms with Gasteiger partial charge in [0.1, 0.15) is 17.2 Å². The highest BCUT2D eigenvalue weighted by Gasteiger charge is 2.36. The molecule has 2 N–H and O–H groups in total. The third-order valence-corrected chi connectivity index (χ3v) is 6.76. The van der Waals surface area contributed by atoms with Gasteiger partial charge in [-0.3, -0.25) is 14.4 Å². The zero-order chi connectivity index (χ0) is 24.9. The zero-order valence-corrected chi connectivity index (χ0v) is 19.7. The van der Waals surface area contributed by atoms with Gasteiger partial charge in [-0.05, 0) is 68.5 Å². The van der Waals surface area contributed by atoms with Gasteiger partial charge in [-0.2, -0.15) is 5.10 Å². The summed E-state index contributed by atoms with van der Waals surface area (Å²) in [5.74, 6) is -1.60. The first kappa shape index (κ1) is 22.8. The van der Waals surface area contributed by atoms with E-state index in [9.17, 15) is 18.8 Å². The highest BCUT2D eigenvalue weighted by molar-refractivity contribution is 6.10. The lowest BCUT2D eigenvalue weighted by Gasteiger charge is -2.31. The monoisotopic (exact) mass is 475 g/mol. The number of aryl methyl sites for hydroxylation is 2. The average Bonchev–Trinajstić information content (AvgIpc) is 3.20. The van der Waals surface area contributed by atoms with Crippen molar-refractivity contribution in [1.82, 2.24) is 9.78 Å². The second kappa shape index (κ2) is 8.65. The van der Waals surface area contributed by atoms with Crippen molar-refractivity contribution in [3.63, 3.8) is 0 Å². The molecule has 0 aliphatic carbocycles. The molecule has 1 aromatic heterocycles. The van der Waals surface area contributed by atoms with Crippen LogP contribution in [-0.2, 0) is 11.2 Å². The number of nitrogens with two attached hydrogens (primary N) is 1. The Bertz CT molecular complexity index is 1360. The number of hydrogen-bond donors (Lipinski definition) is 1. The van der Waals surface area contributed by atoms with E-state index in [1.807, 2.05) is 25.1 Å². The fourth-order valence-corrected chi connectivity index (χ4v) is 5.03. The molecule has 3 heterocycles. The summed E-state index contributed by atoms with van der Waals surface area (Å²) < 4.78 is 16.1. The maximum Gasteiger partial charge on any atom is 0.277 e. The second-order valence-corrected chi connectivity index (χ2v) is 9.04. The number of piperidine rings is 1. The maximum atomic E-state index is 14.8. The summed E-state index contributed by atoms with van der Waals surface area (Å²) in [5, 5.41) is 4.28. The number of halogens is 1. The fraction of sp³-hybridized carbons (Fsp3) is 0.308. The highest BCUT2D eigenvalue weighted by atomic mass is 19.1. The predicted octanol–water partition coefficient (Wildman–Crippen LogP) is 3.45. The molecule has 5 rings (SSSR count). The van der Waals surface area contributed by atoms with Crippen LogP contribution in [0.25, 0.3) is 5.69 Å². The van der Waals surface area contributed by atoms with Gasteiger partial charge in [0.2, 0.25) is 5.91 Å².